The lowest BCUT2D eigenvalue weighted by Crippen LogP contribution is -2.27. The molecule has 2 aromatic rings. The van der Waals surface area contributed by atoms with Gasteiger partial charge < -0.3 is 15.4 Å². The van der Waals surface area contributed by atoms with Gasteiger partial charge in [-0.1, -0.05) is 36.4 Å². The largest absolute Gasteiger partial charge is 0.385 e. The van der Waals surface area contributed by atoms with Gasteiger partial charge in [-0.3, -0.25) is 9.59 Å². The van der Waals surface area contributed by atoms with Crippen molar-refractivity contribution in [2.24, 2.45) is 0 Å². The van der Waals surface area contributed by atoms with Crippen molar-refractivity contribution in [3.8, 4) is 0 Å². The highest BCUT2D eigenvalue weighted by Crippen LogP contribution is 2.16. The van der Waals surface area contributed by atoms with Crippen LogP contribution in [0, 0.1) is 6.92 Å². The fraction of sp³-hybridized carbons (Fsp3) is 0.300. The molecule has 2 N–H and O–H groups in total. The first kappa shape index (κ1) is 18.7. The number of hydrogen-bond donors (Lipinski definition) is 2. The molecule has 0 aliphatic rings. The second-order valence-corrected chi connectivity index (χ2v) is 5.80. The van der Waals surface area contributed by atoms with E-state index in [1.807, 2.05) is 31.2 Å². The zero-order valence-electron chi connectivity index (χ0n) is 14.7. The minimum absolute atomic E-state index is 0.145. The van der Waals surface area contributed by atoms with Gasteiger partial charge in [0.1, 0.15) is 0 Å². The van der Waals surface area contributed by atoms with Crippen molar-refractivity contribution in [1.82, 2.24) is 5.32 Å². The molecule has 2 aromatic carbocycles. The highest BCUT2D eigenvalue weighted by atomic mass is 16.5. The molecule has 5 nitrogen and oxygen atoms in total. The average Bonchev–Trinajstić information content (AvgIpc) is 2.61. The van der Waals surface area contributed by atoms with Gasteiger partial charge in [0.2, 0.25) is 5.91 Å². The summed E-state index contributed by atoms with van der Waals surface area (Å²) in [5, 5.41) is 5.68. The normalized spacial score (nSPS) is 10.3. The minimum Gasteiger partial charge on any atom is -0.385 e. The Morgan fingerprint density at radius 3 is 2.52 bits per heavy atom. The van der Waals surface area contributed by atoms with Gasteiger partial charge >= 0.3 is 0 Å². The van der Waals surface area contributed by atoms with Crippen LogP contribution in [0.5, 0.6) is 0 Å². The highest BCUT2D eigenvalue weighted by Gasteiger charge is 2.13. The van der Waals surface area contributed by atoms with Crippen molar-refractivity contribution in [2.45, 2.75) is 19.8 Å². The predicted molar refractivity (Wildman–Crippen MR) is 98.8 cm³/mol. The topological polar surface area (TPSA) is 67.4 Å². The summed E-state index contributed by atoms with van der Waals surface area (Å²) in [6.45, 7) is 3.09. The minimum atomic E-state index is -0.206. The van der Waals surface area contributed by atoms with Crippen LogP contribution < -0.4 is 10.6 Å². The third-order valence-electron chi connectivity index (χ3n) is 3.87. The van der Waals surface area contributed by atoms with Gasteiger partial charge in [-0.05, 0) is 36.6 Å². The van der Waals surface area contributed by atoms with E-state index in [0.29, 0.717) is 24.4 Å². The molecule has 0 spiro atoms. The molecule has 0 atom stereocenters. The number of amides is 2. The first-order valence-corrected chi connectivity index (χ1v) is 8.32. The summed E-state index contributed by atoms with van der Waals surface area (Å²) < 4.78 is 4.96. The number of benzene rings is 2. The first-order chi connectivity index (χ1) is 12.1. The second kappa shape index (κ2) is 9.59. The molecule has 25 heavy (non-hydrogen) atoms. The van der Waals surface area contributed by atoms with E-state index >= 15 is 0 Å². The van der Waals surface area contributed by atoms with Gasteiger partial charge in [0.25, 0.3) is 5.91 Å². The summed E-state index contributed by atoms with van der Waals surface area (Å²) in [7, 11) is 1.63. The molecule has 0 aromatic heterocycles. The number of carbonyl (C=O) groups excluding carboxylic acids is 2. The Kier molecular flexibility index (Phi) is 7.16. The summed E-state index contributed by atoms with van der Waals surface area (Å²) in [5.41, 5.74) is 3.02. The van der Waals surface area contributed by atoms with E-state index in [1.54, 1.807) is 31.4 Å². The third-order valence-corrected chi connectivity index (χ3v) is 3.87. The molecule has 0 heterocycles. The Hall–Kier alpha value is -2.66. The lowest BCUT2D eigenvalue weighted by molar-refractivity contribution is -0.115. The molecule has 0 bridgehead atoms. The summed E-state index contributed by atoms with van der Waals surface area (Å²) in [6, 6.07) is 14.8. The zero-order valence-corrected chi connectivity index (χ0v) is 14.7. The van der Waals surface area contributed by atoms with Gasteiger partial charge in [-0.15, -0.1) is 0 Å². The summed E-state index contributed by atoms with van der Waals surface area (Å²) in [5.74, 6) is -0.350. The number of aryl methyl sites for hydroxylation is 1. The Labute approximate surface area is 148 Å². The molecule has 0 saturated heterocycles. The summed E-state index contributed by atoms with van der Waals surface area (Å²) in [4.78, 5) is 24.7. The molecule has 132 valence electrons. The maximum atomic E-state index is 12.3. The number of carbonyl (C=O) groups is 2. The molecule has 0 aliphatic carbocycles. The van der Waals surface area contributed by atoms with Crippen molar-refractivity contribution in [1.29, 1.82) is 0 Å². The number of hydrogen-bond acceptors (Lipinski definition) is 3. The van der Waals surface area contributed by atoms with Gasteiger partial charge in [0, 0.05) is 20.3 Å². The van der Waals surface area contributed by atoms with E-state index in [4.69, 9.17) is 4.74 Å². The van der Waals surface area contributed by atoms with E-state index in [-0.39, 0.29) is 18.2 Å². The van der Waals surface area contributed by atoms with Crippen LogP contribution in [0.1, 0.15) is 27.9 Å². The second-order valence-electron chi connectivity index (χ2n) is 5.80. The van der Waals surface area contributed by atoms with Crippen LogP contribution in [0.2, 0.25) is 0 Å². The van der Waals surface area contributed by atoms with Crippen LogP contribution in [0.25, 0.3) is 0 Å². The van der Waals surface area contributed by atoms with Crippen LogP contribution in [0.4, 0.5) is 5.69 Å². The van der Waals surface area contributed by atoms with E-state index in [0.717, 1.165) is 17.5 Å². The average molecular weight is 340 g/mol. The summed E-state index contributed by atoms with van der Waals surface area (Å²) in [6.07, 6.45) is 1.01. The maximum Gasteiger partial charge on any atom is 0.253 e. The molecular formula is C20H24N2O3. The Morgan fingerprint density at radius 2 is 1.76 bits per heavy atom. The van der Waals surface area contributed by atoms with Crippen LogP contribution in [0.15, 0.2) is 48.5 Å². The van der Waals surface area contributed by atoms with Crippen molar-refractivity contribution in [3.05, 3.63) is 65.2 Å². The van der Waals surface area contributed by atoms with Crippen molar-refractivity contribution >= 4 is 17.5 Å². The number of anilines is 1. The highest BCUT2D eigenvalue weighted by molar-refractivity contribution is 6.04. The van der Waals surface area contributed by atoms with Crippen molar-refractivity contribution in [2.75, 3.05) is 25.6 Å². The van der Waals surface area contributed by atoms with Crippen LogP contribution in [0.3, 0.4) is 0 Å². The van der Waals surface area contributed by atoms with Gasteiger partial charge in [-0.25, -0.2) is 0 Å². The lowest BCUT2D eigenvalue weighted by atomic mass is 10.1. The smallest absolute Gasteiger partial charge is 0.253 e. The number of ether oxygens (including phenoxy) is 1. The molecule has 5 heteroatoms. The third kappa shape index (κ3) is 5.72. The molecule has 2 rings (SSSR count). The van der Waals surface area contributed by atoms with Crippen LogP contribution >= 0.6 is 0 Å². The Balaban J connectivity index is 2.01. The maximum absolute atomic E-state index is 12.3. The molecular weight excluding hydrogens is 316 g/mol. The molecule has 0 radical (unpaired) electrons. The summed E-state index contributed by atoms with van der Waals surface area (Å²) >= 11 is 0. The van der Waals surface area contributed by atoms with Crippen molar-refractivity contribution in [3.63, 3.8) is 0 Å². The van der Waals surface area contributed by atoms with Crippen molar-refractivity contribution < 1.29 is 14.3 Å². The molecule has 0 aliphatic heterocycles. The molecule has 0 saturated carbocycles. The Bertz CT molecular complexity index is 728. The molecule has 0 fully saturated rings. The number of methoxy groups -OCH3 is 1. The number of rotatable bonds is 8. The quantitative estimate of drug-likeness (QED) is 0.726. The SMILES string of the molecule is COCCCNC(=O)c1ccccc1NC(=O)Cc1ccccc1C. The first-order valence-electron chi connectivity index (χ1n) is 8.32. The van der Waals surface area contributed by atoms with Gasteiger partial charge in [0.05, 0.1) is 17.7 Å². The van der Waals surface area contributed by atoms with Crippen LogP contribution in [-0.2, 0) is 16.0 Å². The monoisotopic (exact) mass is 340 g/mol. The van der Waals surface area contributed by atoms with Gasteiger partial charge in [-0.2, -0.15) is 0 Å². The fourth-order valence-corrected chi connectivity index (χ4v) is 2.48. The predicted octanol–water partition coefficient (Wildman–Crippen LogP) is 2.94. The van der Waals surface area contributed by atoms with E-state index in [2.05, 4.69) is 10.6 Å². The number of para-hydroxylation sites is 1. The van der Waals surface area contributed by atoms with E-state index in [1.165, 1.54) is 0 Å². The van der Waals surface area contributed by atoms with Crippen LogP contribution in [-0.4, -0.2) is 32.1 Å². The van der Waals surface area contributed by atoms with Gasteiger partial charge in [0.15, 0.2) is 0 Å². The number of nitrogens with one attached hydrogen (secondary N) is 2. The standard InChI is InChI=1S/C20H24N2O3/c1-15-8-3-4-9-16(15)14-19(23)22-18-11-6-5-10-17(18)20(24)21-12-7-13-25-2/h3-6,8-11H,7,12-14H2,1-2H3,(H,21,24)(H,22,23). The zero-order chi connectivity index (χ0) is 18.1. The Morgan fingerprint density at radius 1 is 1.04 bits per heavy atom. The molecule has 2 amide bonds. The molecule has 0 unspecified atom stereocenters. The lowest BCUT2D eigenvalue weighted by Gasteiger charge is -2.12. The van der Waals surface area contributed by atoms with E-state index < -0.39 is 0 Å². The van der Waals surface area contributed by atoms with E-state index in [9.17, 15) is 9.59 Å². The fourth-order valence-electron chi connectivity index (χ4n) is 2.48.